The van der Waals surface area contributed by atoms with E-state index in [0.717, 1.165) is 11.3 Å². The molecule has 4 nitrogen and oxygen atoms in total. The van der Waals surface area contributed by atoms with Gasteiger partial charge in [-0.15, -0.1) is 22.0 Å². The predicted molar refractivity (Wildman–Crippen MR) is 87.0 cm³/mol. The Balaban J connectivity index is 1.65. The van der Waals surface area contributed by atoms with E-state index in [4.69, 9.17) is 9.15 Å². The molecule has 1 aromatic heterocycles. The molecular weight excluding hydrogens is 296 g/mol. The van der Waals surface area contributed by atoms with Crippen LogP contribution in [0.1, 0.15) is 11.5 Å². The second-order valence-electron chi connectivity index (χ2n) is 4.83. The summed E-state index contributed by atoms with van der Waals surface area (Å²) in [6.07, 6.45) is 2.04. The molecule has 112 valence electrons. The summed E-state index contributed by atoms with van der Waals surface area (Å²) in [7, 11) is 0. The number of thioether (sulfide) groups is 1. The first-order valence-electron chi connectivity index (χ1n) is 6.91. The number of aromatic nitrogens is 2. The van der Waals surface area contributed by atoms with Crippen LogP contribution >= 0.6 is 11.8 Å². The molecule has 0 spiro atoms. The molecule has 0 radical (unpaired) electrons. The SMILES string of the molecule is CSc1ccc(OCc2nnc(-c3ccc(C)cc3)o2)cc1. The van der Waals surface area contributed by atoms with Gasteiger partial charge >= 0.3 is 0 Å². The third-order valence-electron chi connectivity index (χ3n) is 3.19. The first-order valence-corrected chi connectivity index (χ1v) is 8.13. The summed E-state index contributed by atoms with van der Waals surface area (Å²) in [5, 5.41) is 8.07. The lowest BCUT2D eigenvalue weighted by Gasteiger charge is -2.03. The van der Waals surface area contributed by atoms with Crippen molar-refractivity contribution >= 4 is 11.8 Å². The third kappa shape index (κ3) is 3.49. The van der Waals surface area contributed by atoms with Crippen LogP contribution < -0.4 is 4.74 Å². The smallest absolute Gasteiger partial charge is 0.254 e. The largest absolute Gasteiger partial charge is 0.484 e. The lowest BCUT2D eigenvalue weighted by molar-refractivity contribution is 0.264. The minimum Gasteiger partial charge on any atom is -0.484 e. The van der Waals surface area contributed by atoms with Gasteiger partial charge in [0.05, 0.1) is 0 Å². The van der Waals surface area contributed by atoms with Crippen LogP contribution in [-0.2, 0) is 6.61 Å². The van der Waals surface area contributed by atoms with E-state index in [-0.39, 0.29) is 6.61 Å². The van der Waals surface area contributed by atoms with E-state index >= 15 is 0 Å². The van der Waals surface area contributed by atoms with E-state index in [1.165, 1.54) is 10.5 Å². The molecule has 0 atom stereocenters. The highest BCUT2D eigenvalue weighted by molar-refractivity contribution is 7.98. The summed E-state index contributed by atoms with van der Waals surface area (Å²) in [5.41, 5.74) is 2.11. The Morgan fingerprint density at radius 3 is 2.41 bits per heavy atom. The van der Waals surface area contributed by atoms with E-state index in [0.29, 0.717) is 11.8 Å². The quantitative estimate of drug-likeness (QED) is 0.656. The van der Waals surface area contributed by atoms with Gasteiger partial charge in [0.2, 0.25) is 5.89 Å². The van der Waals surface area contributed by atoms with Gasteiger partial charge in [-0.25, -0.2) is 0 Å². The predicted octanol–water partition coefficient (Wildman–Crippen LogP) is 4.35. The Hall–Kier alpha value is -2.27. The molecule has 0 saturated carbocycles. The highest BCUT2D eigenvalue weighted by Crippen LogP contribution is 2.21. The third-order valence-corrected chi connectivity index (χ3v) is 3.93. The van der Waals surface area contributed by atoms with Gasteiger partial charge < -0.3 is 9.15 Å². The summed E-state index contributed by atoms with van der Waals surface area (Å²) < 4.78 is 11.3. The number of nitrogens with zero attached hydrogens (tertiary/aromatic N) is 2. The highest BCUT2D eigenvalue weighted by Gasteiger charge is 2.09. The van der Waals surface area contributed by atoms with Crippen molar-refractivity contribution in [2.24, 2.45) is 0 Å². The Bertz CT molecular complexity index is 736. The fourth-order valence-electron chi connectivity index (χ4n) is 1.94. The monoisotopic (exact) mass is 312 g/mol. The molecule has 0 amide bonds. The first-order chi connectivity index (χ1) is 10.7. The Labute approximate surface area is 133 Å². The molecule has 3 rings (SSSR count). The van der Waals surface area contributed by atoms with Crippen LogP contribution in [0.3, 0.4) is 0 Å². The zero-order valence-electron chi connectivity index (χ0n) is 12.4. The van der Waals surface area contributed by atoms with Crippen molar-refractivity contribution in [2.45, 2.75) is 18.4 Å². The number of rotatable bonds is 5. The Kier molecular flexibility index (Phi) is 4.44. The second-order valence-corrected chi connectivity index (χ2v) is 5.71. The van der Waals surface area contributed by atoms with Crippen molar-refractivity contribution in [3.05, 3.63) is 60.0 Å². The Morgan fingerprint density at radius 2 is 1.73 bits per heavy atom. The standard InChI is InChI=1S/C17H16N2O2S/c1-12-3-5-13(6-4-12)17-19-18-16(21-17)11-20-14-7-9-15(22-2)10-8-14/h3-10H,11H2,1-2H3. The average molecular weight is 312 g/mol. The van der Waals surface area contributed by atoms with E-state index in [1.54, 1.807) is 11.8 Å². The zero-order valence-corrected chi connectivity index (χ0v) is 13.3. The van der Waals surface area contributed by atoms with Crippen molar-refractivity contribution in [1.29, 1.82) is 0 Å². The average Bonchev–Trinajstić information content (AvgIpc) is 3.03. The van der Waals surface area contributed by atoms with Gasteiger partial charge in [-0.05, 0) is 49.6 Å². The van der Waals surface area contributed by atoms with Crippen molar-refractivity contribution in [3.63, 3.8) is 0 Å². The van der Waals surface area contributed by atoms with Crippen molar-refractivity contribution in [3.8, 4) is 17.2 Å². The molecule has 0 N–H and O–H groups in total. The van der Waals surface area contributed by atoms with Gasteiger partial charge in [-0.2, -0.15) is 0 Å². The maximum absolute atomic E-state index is 5.65. The van der Waals surface area contributed by atoms with Crippen LogP contribution in [0.5, 0.6) is 5.75 Å². The summed E-state index contributed by atoms with van der Waals surface area (Å²) >= 11 is 1.70. The van der Waals surface area contributed by atoms with Gasteiger partial charge in [0.15, 0.2) is 6.61 Å². The molecule has 0 unspecified atom stereocenters. The van der Waals surface area contributed by atoms with E-state index < -0.39 is 0 Å². The van der Waals surface area contributed by atoms with Crippen molar-refractivity contribution in [2.75, 3.05) is 6.26 Å². The lowest BCUT2D eigenvalue weighted by atomic mass is 10.1. The molecule has 5 heteroatoms. The number of hydrogen-bond acceptors (Lipinski definition) is 5. The molecule has 2 aromatic carbocycles. The maximum atomic E-state index is 5.65. The summed E-state index contributed by atoms with van der Waals surface area (Å²) in [4.78, 5) is 1.20. The highest BCUT2D eigenvalue weighted by atomic mass is 32.2. The summed E-state index contributed by atoms with van der Waals surface area (Å²) in [5.74, 6) is 1.76. The Morgan fingerprint density at radius 1 is 1.00 bits per heavy atom. The van der Waals surface area contributed by atoms with Crippen LogP contribution in [0.2, 0.25) is 0 Å². The lowest BCUT2D eigenvalue weighted by Crippen LogP contribution is -1.95. The van der Waals surface area contributed by atoms with Crippen LogP contribution in [0.4, 0.5) is 0 Å². The second kappa shape index (κ2) is 6.66. The molecule has 0 bridgehead atoms. The normalized spacial score (nSPS) is 10.6. The summed E-state index contributed by atoms with van der Waals surface area (Å²) in [6, 6.07) is 15.9. The van der Waals surface area contributed by atoms with Crippen LogP contribution in [-0.4, -0.2) is 16.5 Å². The van der Waals surface area contributed by atoms with Crippen LogP contribution in [0.25, 0.3) is 11.5 Å². The van der Waals surface area contributed by atoms with E-state index in [1.807, 2.05) is 61.7 Å². The molecule has 0 aliphatic rings. The minimum atomic E-state index is 0.261. The molecule has 3 aromatic rings. The molecule has 0 aliphatic carbocycles. The number of benzene rings is 2. The van der Waals surface area contributed by atoms with Gasteiger partial charge in [-0.1, -0.05) is 17.7 Å². The van der Waals surface area contributed by atoms with Crippen LogP contribution in [0, 0.1) is 6.92 Å². The topological polar surface area (TPSA) is 48.2 Å². The molecular formula is C17H16N2O2S. The first kappa shape index (κ1) is 14.7. The molecule has 0 saturated heterocycles. The molecule has 0 fully saturated rings. The number of aryl methyl sites for hydroxylation is 1. The van der Waals surface area contributed by atoms with Crippen molar-refractivity contribution < 1.29 is 9.15 Å². The molecule has 1 heterocycles. The maximum Gasteiger partial charge on any atom is 0.254 e. The number of hydrogen-bond donors (Lipinski definition) is 0. The van der Waals surface area contributed by atoms with Crippen molar-refractivity contribution in [1.82, 2.24) is 10.2 Å². The summed E-state index contributed by atoms with van der Waals surface area (Å²) in [6.45, 7) is 2.30. The molecule has 0 aliphatic heterocycles. The van der Waals surface area contributed by atoms with E-state index in [2.05, 4.69) is 10.2 Å². The van der Waals surface area contributed by atoms with Crippen LogP contribution in [0.15, 0.2) is 57.8 Å². The fraction of sp³-hybridized carbons (Fsp3) is 0.176. The van der Waals surface area contributed by atoms with Gasteiger partial charge in [0, 0.05) is 10.5 Å². The van der Waals surface area contributed by atoms with E-state index in [9.17, 15) is 0 Å². The number of ether oxygens (including phenoxy) is 1. The van der Waals surface area contributed by atoms with Gasteiger partial charge in [0.25, 0.3) is 5.89 Å². The fourth-order valence-corrected chi connectivity index (χ4v) is 2.35. The van der Waals surface area contributed by atoms with Gasteiger partial charge in [0.1, 0.15) is 5.75 Å². The minimum absolute atomic E-state index is 0.261. The van der Waals surface area contributed by atoms with Gasteiger partial charge in [-0.3, -0.25) is 0 Å². The molecule has 22 heavy (non-hydrogen) atoms. The zero-order chi connectivity index (χ0) is 15.4.